The molecule has 0 bridgehead atoms. The molecule has 37 heavy (non-hydrogen) atoms. The van der Waals surface area contributed by atoms with E-state index < -0.39 is 0 Å². The minimum Gasteiger partial charge on any atom is -0.469 e. The van der Waals surface area contributed by atoms with Crippen molar-refractivity contribution in [3.05, 3.63) is 0 Å². The Morgan fingerprint density at radius 1 is 0.946 bits per heavy atom. The molecule has 1 saturated heterocycles. The first-order chi connectivity index (χ1) is 17.7. The van der Waals surface area contributed by atoms with E-state index in [-0.39, 0.29) is 18.0 Å². The number of rotatable bonds is 7. The lowest BCUT2D eigenvalue weighted by atomic mass is 9.44. The van der Waals surface area contributed by atoms with Crippen molar-refractivity contribution in [3.8, 4) is 0 Å². The van der Waals surface area contributed by atoms with Crippen LogP contribution in [0.15, 0.2) is 0 Å². The number of hydrogen-bond donors (Lipinski definition) is 0. The summed E-state index contributed by atoms with van der Waals surface area (Å²) in [6.45, 7) is 10.1. The fourth-order valence-corrected chi connectivity index (χ4v) is 11.1. The normalized spacial score (nSPS) is 42.7. The van der Waals surface area contributed by atoms with E-state index in [1.165, 1.54) is 52.1 Å². The smallest absolute Gasteiger partial charge is 0.320 e. The van der Waals surface area contributed by atoms with Crippen LogP contribution in [-0.2, 0) is 19.1 Å². The fraction of sp³-hybridized carbons (Fsp3) is 0.935. The quantitative estimate of drug-likeness (QED) is 0.364. The highest BCUT2D eigenvalue weighted by Gasteiger charge is 2.60. The van der Waals surface area contributed by atoms with Gasteiger partial charge >= 0.3 is 11.9 Å². The van der Waals surface area contributed by atoms with Crippen LogP contribution in [0.1, 0.15) is 91.4 Å². The second-order valence-corrected chi connectivity index (χ2v) is 15.0. The average molecular weight is 534 g/mol. The van der Waals surface area contributed by atoms with E-state index in [4.69, 9.17) is 9.47 Å². The van der Waals surface area contributed by atoms with E-state index in [9.17, 15) is 9.59 Å². The third-order valence-corrected chi connectivity index (χ3v) is 13.1. The van der Waals surface area contributed by atoms with Crippen LogP contribution in [0.25, 0.3) is 0 Å². The number of carbonyl (C=O) groups excluding carboxylic acids is 2. The SMILES string of the molecule is COC(=O)CC[C@@H](C)[C@H]1CC[C@H]2[C@@H]3CC[C@@H]4C[C@H](OC(=O)CN5CCSCC5)CC[C@]4(C)[C@H]3CC[C@]12C. The minimum atomic E-state index is -0.0617. The average Bonchev–Trinajstić information content (AvgIpc) is 3.25. The van der Waals surface area contributed by atoms with Crippen molar-refractivity contribution in [2.24, 2.45) is 46.3 Å². The molecule has 210 valence electrons. The summed E-state index contributed by atoms with van der Waals surface area (Å²) in [7, 11) is 1.50. The van der Waals surface area contributed by atoms with E-state index in [0.29, 0.717) is 35.6 Å². The maximum atomic E-state index is 12.7. The molecule has 1 heterocycles. The van der Waals surface area contributed by atoms with Crippen LogP contribution < -0.4 is 0 Å². The molecule has 4 aliphatic carbocycles. The van der Waals surface area contributed by atoms with E-state index in [1.54, 1.807) is 0 Å². The zero-order valence-corrected chi connectivity index (χ0v) is 24.7. The lowest BCUT2D eigenvalue weighted by Crippen LogP contribution is -2.54. The van der Waals surface area contributed by atoms with Gasteiger partial charge in [0.05, 0.1) is 13.7 Å². The van der Waals surface area contributed by atoms with Gasteiger partial charge in [0.15, 0.2) is 0 Å². The predicted molar refractivity (Wildman–Crippen MR) is 149 cm³/mol. The molecule has 0 aromatic rings. The standard InChI is InChI=1S/C31H51NO4S/c1-21(5-10-28(33)35-4)25-8-9-26-24-7-6-22-19-23(36-29(34)20-32-15-17-37-18-16-32)11-13-30(22,2)27(24)12-14-31(25,26)3/h21-27H,5-20H2,1-4H3/t21-,22-,23-,24+,25-,26+,27+,30+,31-/m1/s1. The van der Waals surface area contributed by atoms with Crippen molar-refractivity contribution in [2.75, 3.05) is 38.2 Å². The van der Waals surface area contributed by atoms with Gasteiger partial charge in [-0.25, -0.2) is 0 Å². The Balaban J connectivity index is 1.18. The molecule has 0 unspecified atom stereocenters. The number of ether oxygens (including phenoxy) is 2. The van der Waals surface area contributed by atoms with Gasteiger partial charge in [0, 0.05) is 31.0 Å². The number of esters is 2. The zero-order valence-electron chi connectivity index (χ0n) is 23.8. The summed E-state index contributed by atoms with van der Waals surface area (Å²) in [5.41, 5.74) is 0.839. The Hall–Kier alpha value is -0.750. The molecule has 0 radical (unpaired) electrons. The topological polar surface area (TPSA) is 55.8 Å². The Kier molecular flexibility index (Phi) is 8.56. The summed E-state index contributed by atoms with van der Waals surface area (Å²) in [6, 6.07) is 0. The minimum absolute atomic E-state index is 0.000869. The van der Waals surface area contributed by atoms with E-state index in [2.05, 4.69) is 25.7 Å². The first-order valence-corrected chi connectivity index (χ1v) is 16.5. The van der Waals surface area contributed by atoms with Gasteiger partial charge in [-0.15, -0.1) is 0 Å². The summed E-state index contributed by atoms with van der Waals surface area (Å²) < 4.78 is 11.0. The summed E-state index contributed by atoms with van der Waals surface area (Å²) in [5.74, 6) is 6.76. The van der Waals surface area contributed by atoms with Crippen molar-refractivity contribution in [2.45, 2.75) is 97.5 Å². The maximum absolute atomic E-state index is 12.7. The highest BCUT2D eigenvalue weighted by Crippen LogP contribution is 2.68. The van der Waals surface area contributed by atoms with Crippen LogP contribution in [-0.4, -0.2) is 61.2 Å². The van der Waals surface area contributed by atoms with Crippen molar-refractivity contribution in [3.63, 3.8) is 0 Å². The number of thioether (sulfide) groups is 1. The van der Waals surface area contributed by atoms with Gasteiger partial charge in [-0.05, 0) is 111 Å². The maximum Gasteiger partial charge on any atom is 0.320 e. The molecule has 5 aliphatic rings. The number of methoxy groups -OCH3 is 1. The summed E-state index contributed by atoms with van der Waals surface area (Å²) in [4.78, 5) is 26.7. The molecular weight excluding hydrogens is 482 g/mol. The van der Waals surface area contributed by atoms with Gasteiger partial charge in [-0.1, -0.05) is 20.8 Å². The molecule has 5 rings (SSSR count). The summed E-state index contributed by atoms with van der Waals surface area (Å²) in [6.07, 6.45) is 13.1. The lowest BCUT2D eigenvalue weighted by Gasteiger charge is -2.61. The molecular formula is C31H51NO4S. The van der Waals surface area contributed by atoms with Gasteiger partial charge < -0.3 is 9.47 Å². The third-order valence-electron chi connectivity index (χ3n) is 12.2. The summed E-state index contributed by atoms with van der Waals surface area (Å²) >= 11 is 1.98. The van der Waals surface area contributed by atoms with Gasteiger partial charge in [0.1, 0.15) is 6.10 Å². The molecule has 5 nitrogen and oxygen atoms in total. The first-order valence-electron chi connectivity index (χ1n) is 15.3. The first kappa shape index (κ1) is 27.8. The molecule has 0 N–H and O–H groups in total. The Morgan fingerprint density at radius 3 is 2.43 bits per heavy atom. The van der Waals surface area contributed by atoms with Crippen LogP contribution >= 0.6 is 11.8 Å². The van der Waals surface area contributed by atoms with Crippen molar-refractivity contribution < 1.29 is 19.1 Å². The van der Waals surface area contributed by atoms with E-state index in [1.807, 2.05) is 11.8 Å². The molecule has 4 saturated carbocycles. The zero-order chi connectivity index (χ0) is 26.2. The van der Waals surface area contributed by atoms with Gasteiger partial charge in [-0.2, -0.15) is 11.8 Å². The van der Waals surface area contributed by atoms with Crippen molar-refractivity contribution in [1.29, 1.82) is 0 Å². The second-order valence-electron chi connectivity index (χ2n) is 13.8. The summed E-state index contributed by atoms with van der Waals surface area (Å²) in [5, 5.41) is 0. The molecule has 0 spiro atoms. The van der Waals surface area contributed by atoms with Crippen LogP contribution in [0.5, 0.6) is 0 Å². The molecule has 0 aromatic heterocycles. The monoisotopic (exact) mass is 533 g/mol. The van der Waals surface area contributed by atoms with Gasteiger partial charge in [0.25, 0.3) is 0 Å². The van der Waals surface area contributed by atoms with Gasteiger partial charge in [-0.3, -0.25) is 14.5 Å². The highest BCUT2D eigenvalue weighted by molar-refractivity contribution is 7.99. The van der Waals surface area contributed by atoms with Crippen LogP contribution in [0.2, 0.25) is 0 Å². The molecule has 0 amide bonds. The lowest BCUT2D eigenvalue weighted by molar-refractivity contribution is -0.163. The van der Waals surface area contributed by atoms with Crippen molar-refractivity contribution in [1.82, 2.24) is 4.90 Å². The molecule has 6 heteroatoms. The second kappa shape index (κ2) is 11.4. The van der Waals surface area contributed by atoms with Crippen LogP contribution in [0.3, 0.4) is 0 Å². The Morgan fingerprint density at radius 2 is 1.68 bits per heavy atom. The highest BCUT2D eigenvalue weighted by atomic mass is 32.2. The molecule has 9 atom stereocenters. The van der Waals surface area contributed by atoms with E-state index in [0.717, 1.165) is 67.5 Å². The molecule has 0 aromatic carbocycles. The number of fused-ring (bicyclic) bond motifs is 5. The molecule has 1 aliphatic heterocycles. The number of nitrogens with zero attached hydrogens (tertiary/aromatic N) is 1. The van der Waals surface area contributed by atoms with Crippen LogP contribution in [0.4, 0.5) is 0 Å². The molecule has 5 fully saturated rings. The fourth-order valence-electron chi connectivity index (χ4n) is 10.1. The largest absolute Gasteiger partial charge is 0.469 e. The van der Waals surface area contributed by atoms with Crippen LogP contribution in [0, 0.1) is 46.3 Å². The Bertz CT molecular complexity index is 830. The number of hydrogen-bond acceptors (Lipinski definition) is 6. The third kappa shape index (κ3) is 5.49. The predicted octanol–water partition coefficient (Wildman–Crippen LogP) is 6.20. The van der Waals surface area contributed by atoms with Gasteiger partial charge in [0.2, 0.25) is 0 Å². The van der Waals surface area contributed by atoms with Crippen molar-refractivity contribution >= 4 is 23.7 Å². The number of carbonyl (C=O) groups is 2. The Labute approximate surface area is 229 Å². The van der Waals surface area contributed by atoms with E-state index >= 15 is 0 Å².